The number of hydrogen-bond acceptors (Lipinski definition) is 3. The second kappa shape index (κ2) is 23.0. The van der Waals surface area contributed by atoms with Gasteiger partial charge in [0.05, 0.1) is 0 Å². The van der Waals surface area contributed by atoms with Crippen LogP contribution in [0.1, 0.15) is 0 Å². The number of hydrogen-bond donors (Lipinski definition) is 6. The van der Waals surface area contributed by atoms with Gasteiger partial charge in [-0.3, -0.25) is 13.4 Å². The highest BCUT2D eigenvalue weighted by atomic mass is 31.0. The van der Waals surface area contributed by atoms with Gasteiger partial charge in [0.1, 0.15) is 0 Å². The van der Waals surface area contributed by atoms with Crippen molar-refractivity contribution in [2.45, 2.75) is 0 Å². The molecule has 6 N–H and O–H groups in total. The van der Waals surface area contributed by atoms with Crippen molar-refractivity contribution in [1.29, 1.82) is 0 Å². The van der Waals surface area contributed by atoms with Gasteiger partial charge in [-0.1, -0.05) is 0 Å². The maximum atomic E-state index is 8.74. The zero-order valence-electron chi connectivity index (χ0n) is 6.30. The quantitative estimate of drug-likeness (QED) is 0.200. The van der Waals surface area contributed by atoms with Gasteiger partial charge in [0.25, 0.3) is 0 Å². The lowest BCUT2D eigenvalue weighted by Crippen LogP contribution is -1.90. The minimum Gasteiger partial charge on any atom is -0.511 e. The summed E-state index contributed by atoms with van der Waals surface area (Å²) in [5, 5.41) is 0. The summed E-state index contributed by atoms with van der Waals surface area (Å²) < 4.78 is 26.2. The fourth-order valence-corrected chi connectivity index (χ4v) is 0. The van der Waals surface area contributed by atoms with Crippen LogP contribution in [-0.4, -0.2) is 56.3 Å². The highest BCUT2D eigenvalue weighted by Gasteiger charge is 1.85. The molecule has 14 heteroatoms. The standard InChI is InChI=1S/3H2O3Si.2P/c3*1-4(2)3;;/h3*1-2H;;. The maximum absolute atomic E-state index is 8.74. The molecule has 0 unspecified atom stereocenters. The molecule has 0 aliphatic heterocycles. The molecule has 0 fully saturated rings. The van der Waals surface area contributed by atoms with Crippen LogP contribution in [0.2, 0.25) is 0 Å². The molecular weight excluding hydrogens is 290 g/mol. The van der Waals surface area contributed by atoms with Crippen molar-refractivity contribution >= 4 is 47.3 Å². The van der Waals surface area contributed by atoms with Crippen LogP contribution in [0.15, 0.2) is 0 Å². The van der Waals surface area contributed by atoms with Crippen LogP contribution in [0.5, 0.6) is 0 Å². The Bertz CT molecular complexity index is 116. The SMILES string of the molecule is O=[Si](O)O.O=[Si](O)O.O=[Si](O)O.[P].[P]. The Kier molecular flexibility index (Phi) is 47.9. The topological polar surface area (TPSA) is 173 Å². The van der Waals surface area contributed by atoms with Crippen LogP contribution in [0.3, 0.4) is 0 Å². The minimum atomic E-state index is -3.13. The zero-order valence-corrected chi connectivity index (χ0v) is 11.1. The predicted octanol–water partition coefficient (Wildman–Crippen LogP) is -3.12. The fraction of sp³-hybridized carbons (Fsp3) is 0. The molecular formula is H6O9P2Si3. The molecule has 0 saturated carbocycles. The predicted molar refractivity (Wildman–Crippen MR) is 46.5 cm³/mol. The summed E-state index contributed by atoms with van der Waals surface area (Å²) in [5.41, 5.74) is 0. The first-order valence-electron chi connectivity index (χ1n) is 1.95. The lowest BCUT2D eigenvalue weighted by Gasteiger charge is -1.55. The second-order valence-corrected chi connectivity index (χ2v) is 2.54. The van der Waals surface area contributed by atoms with Crippen molar-refractivity contribution in [3.8, 4) is 0 Å². The molecule has 9 nitrogen and oxygen atoms in total. The van der Waals surface area contributed by atoms with Crippen molar-refractivity contribution < 1.29 is 42.2 Å². The van der Waals surface area contributed by atoms with Crippen molar-refractivity contribution in [3.63, 3.8) is 0 Å². The Balaban J connectivity index is -0.0000000270. The van der Waals surface area contributed by atoms with Gasteiger partial charge in [0, 0.05) is 19.8 Å². The molecule has 0 aromatic heterocycles. The molecule has 0 aromatic carbocycles. The fourth-order valence-electron chi connectivity index (χ4n) is 0. The van der Waals surface area contributed by atoms with Crippen LogP contribution < -0.4 is 0 Å². The molecule has 0 spiro atoms. The average Bonchev–Trinajstić information content (AvgIpc) is 1.54. The van der Waals surface area contributed by atoms with E-state index in [1.165, 1.54) is 0 Å². The van der Waals surface area contributed by atoms with E-state index in [-0.39, 0.29) is 19.8 Å². The van der Waals surface area contributed by atoms with Gasteiger partial charge in [-0.25, -0.2) is 0 Å². The van der Waals surface area contributed by atoms with E-state index in [2.05, 4.69) is 0 Å². The normalized spacial score (nSPS) is 5.14. The monoisotopic (exact) mass is 296 g/mol. The molecule has 6 radical (unpaired) electrons. The minimum absolute atomic E-state index is 0. The van der Waals surface area contributed by atoms with Crippen molar-refractivity contribution in [2.24, 2.45) is 0 Å². The van der Waals surface area contributed by atoms with E-state index < -0.39 is 27.5 Å². The second-order valence-electron chi connectivity index (χ2n) is 0.848. The van der Waals surface area contributed by atoms with Crippen LogP contribution in [0.4, 0.5) is 0 Å². The van der Waals surface area contributed by atoms with E-state index >= 15 is 0 Å². The van der Waals surface area contributed by atoms with E-state index in [0.29, 0.717) is 0 Å². The third-order valence-electron chi connectivity index (χ3n) is 0. The Morgan fingerprint density at radius 1 is 0.500 bits per heavy atom. The molecule has 14 heavy (non-hydrogen) atoms. The molecule has 0 heterocycles. The highest BCUT2D eigenvalue weighted by Crippen LogP contribution is 1.27. The van der Waals surface area contributed by atoms with E-state index in [9.17, 15) is 0 Å². The summed E-state index contributed by atoms with van der Waals surface area (Å²) in [6.45, 7) is 0. The molecule has 82 valence electrons. The molecule has 0 bridgehead atoms. The van der Waals surface area contributed by atoms with Gasteiger partial charge in [-0.2, -0.15) is 0 Å². The third-order valence-corrected chi connectivity index (χ3v) is 0. The van der Waals surface area contributed by atoms with Gasteiger partial charge in [0.2, 0.25) is 0 Å². The van der Waals surface area contributed by atoms with Gasteiger partial charge in [0.15, 0.2) is 0 Å². The van der Waals surface area contributed by atoms with Gasteiger partial charge >= 0.3 is 27.5 Å². The summed E-state index contributed by atoms with van der Waals surface area (Å²) in [6, 6.07) is 0. The Hall–Kier alpha value is -0.289. The van der Waals surface area contributed by atoms with Crippen LogP contribution >= 0.6 is 19.8 Å². The highest BCUT2D eigenvalue weighted by molar-refractivity contribution is 6.92. The van der Waals surface area contributed by atoms with Crippen LogP contribution in [0, 0.1) is 0 Å². The van der Waals surface area contributed by atoms with E-state index in [0.717, 1.165) is 0 Å². The van der Waals surface area contributed by atoms with Crippen LogP contribution in [0.25, 0.3) is 0 Å². The zero-order chi connectivity index (χ0) is 10.7. The lowest BCUT2D eigenvalue weighted by molar-refractivity contribution is 0.328. The van der Waals surface area contributed by atoms with Gasteiger partial charge in [-0.15, -0.1) is 0 Å². The smallest absolute Gasteiger partial charge is 0.511 e. The molecule has 0 saturated heterocycles. The molecule has 0 rings (SSSR count). The summed E-state index contributed by atoms with van der Waals surface area (Å²) in [6.07, 6.45) is 0. The average molecular weight is 296 g/mol. The van der Waals surface area contributed by atoms with Crippen molar-refractivity contribution in [3.05, 3.63) is 0 Å². The van der Waals surface area contributed by atoms with Gasteiger partial charge < -0.3 is 28.8 Å². The summed E-state index contributed by atoms with van der Waals surface area (Å²) in [5.74, 6) is 0. The van der Waals surface area contributed by atoms with E-state index in [1.54, 1.807) is 0 Å². The third kappa shape index (κ3) is 16000. The molecule has 0 amide bonds. The van der Waals surface area contributed by atoms with E-state index in [4.69, 9.17) is 42.2 Å². The Labute approximate surface area is 90.0 Å². The first-order chi connectivity index (χ1) is 5.20. The van der Waals surface area contributed by atoms with E-state index in [1.807, 2.05) is 0 Å². The van der Waals surface area contributed by atoms with Crippen LogP contribution in [-0.2, 0) is 13.4 Å². The maximum Gasteiger partial charge on any atom is 0.761 e. The molecule has 0 aliphatic carbocycles. The summed E-state index contributed by atoms with van der Waals surface area (Å²) in [4.78, 5) is 42.9. The van der Waals surface area contributed by atoms with Crippen molar-refractivity contribution in [1.82, 2.24) is 0 Å². The first kappa shape index (κ1) is 29.2. The van der Waals surface area contributed by atoms with Gasteiger partial charge in [-0.05, 0) is 0 Å². The Morgan fingerprint density at radius 2 is 0.500 bits per heavy atom. The molecule has 0 atom stereocenters. The molecule has 0 aromatic rings. The Morgan fingerprint density at radius 3 is 0.500 bits per heavy atom. The lowest BCUT2D eigenvalue weighted by atomic mass is 15.8. The summed E-state index contributed by atoms with van der Waals surface area (Å²) in [7, 11) is -9.39. The van der Waals surface area contributed by atoms with Crippen molar-refractivity contribution in [2.75, 3.05) is 0 Å². The number of rotatable bonds is 0. The summed E-state index contributed by atoms with van der Waals surface area (Å²) >= 11 is 0. The first-order valence-corrected chi connectivity index (χ1v) is 5.86. The molecule has 0 aliphatic rings. The largest absolute Gasteiger partial charge is 0.761 e.